The van der Waals surface area contributed by atoms with E-state index in [-0.39, 0.29) is 22.6 Å². The summed E-state index contributed by atoms with van der Waals surface area (Å²) >= 11 is 1.96. The molecule has 2 N–H and O–H groups in total. The van der Waals surface area contributed by atoms with E-state index in [1.807, 2.05) is 21.2 Å². The molecule has 0 aliphatic carbocycles. The number of carbonyl (C=O) groups excluding carboxylic acids is 1. The molecule has 22 heavy (non-hydrogen) atoms. The molecule has 0 radical (unpaired) electrons. The molecular formula is C16H10F2INOS. The van der Waals surface area contributed by atoms with E-state index in [0.717, 1.165) is 6.07 Å². The SMILES string of the molecule is CC(=O)c1cc(F)c(C#CSI)c(N)c1-c1cccc(F)c1. The zero-order valence-corrected chi connectivity index (χ0v) is 14.4. The lowest BCUT2D eigenvalue weighted by Crippen LogP contribution is -2.05. The van der Waals surface area contributed by atoms with Gasteiger partial charge in [0, 0.05) is 32.3 Å². The molecule has 0 saturated heterocycles. The first-order valence-corrected chi connectivity index (χ1v) is 9.49. The second-order valence-electron chi connectivity index (χ2n) is 4.44. The summed E-state index contributed by atoms with van der Waals surface area (Å²) in [5, 5.41) is 2.66. The fourth-order valence-electron chi connectivity index (χ4n) is 2.10. The first kappa shape index (κ1) is 16.8. The predicted molar refractivity (Wildman–Crippen MR) is 94.7 cm³/mol. The Labute approximate surface area is 143 Å². The lowest BCUT2D eigenvalue weighted by atomic mass is 9.92. The summed E-state index contributed by atoms with van der Waals surface area (Å²) in [4.78, 5) is 11.8. The quantitative estimate of drug-likeness (QED) is 0.323. The Bertz CT molecular complexity index is 812. The number of nitrogen functional groups attached to an aromatic ring is 1. The molecule has 0 aliphatic heterocycles. The molecule has 2 aromatic rings. The number of hydrogen-bond acceptors (Lipinski definition) is 3. The Hall–Kier alpha value is -1.59. The highest BCUT2D eigenvalue weighted by atomic mass is 127. The zero-order valence-electron chi connectivity index (χ0n) is 11.4. The highest BCUT2D eigenvalue weighted by Crippen LogP contribution is 2.34. The van der Waals surface area contributed by atoms with Crippen molar-refractivity contribution in [2.75, 3.05) is 5.73 Å². The Morgan fingerprint density at radius 2 is 2.05 bits per heavy atom. The molecule has 2 nitrogen and oxygen atoms in total. The third-order valence-electron chi connectivity index (χ3n) is 3.03. The van der Waals surface area contributed by atoms with Crippen molar-refractivity contribution in [1.29, 1.82) is 0 Å². The maximum atomic E-state index is 14.1. The van der Waals surface area contributed by atoms with Crippen LogP contribution in [0, 0.1) is 22.8 Å². The van der Waals surface area contributed by atoms with Crippen molar-refractivity contribution in [2.45, 2.75) is 6.92 Å². The van der Waals surface area contributed by atoms with Crippen molar-refractivity contribution in [3.8, 4) is 22.3 Å². The summed E-state index contributed by atoms with van der Waals surface area (Å²) in [5.74, 6) is 1.14. The Morgan fingerprint density at radius 1 is 1.32 bits per heavy atom. The van der Waals surface area contributed by atoms with Gasteiger partial charge in [0.1, 0.15) is 11.6 Å². The minimum Gasteiger partial charge on any atom is -0.397 e. The van der Waals surface area contributed by atoms with E-state index >= 15 is 0 Å². The Kier molecular flexibility index (Phi) is 5.42. The number of hydrogen-bond donors (Lipinski definition) is 1. The van der Waals surface area contributed by atoms with Crippen LogP contribution < -0.4 is 5.73 Å². The van der Waals surface area contributed by atoms with Gasteiger partial charge < -0.3 is 5.73 Å². The van der Waals surface area contributed by atoms with Crippen molar-refractivity contribution in [2.24, 2.45) is 0 Å². The highest BCUT2D eigenvalue weighted by molar-refractivity contribution is 14.2. The number of anilines is 1. The van der Waals surface area contributed by atoms with Crippen LogP contribution in [-0.4, -0.2) is 5.78 Å². The lowest BCUT2D eigenvalue weighted by molar-refractivity contribution is 0.101. The summed E-state index contributed by atoms with van der Waals surface area (Å²) in [6.07, 6.45) is 0. The third kappa shape index (κ3) is 3.42. The van der Waals surface area contributed by atoms with Gasteiger partial charge in [-0.25, -0.2) is 8.78 Å². The van der Waals surface area contributed by atoms with Crippen LogP contribution in [0.3, 0.4) is 0 Å². The molecule has 0 aliphatic rings. The average Bonchev–Trinajstić information content (AvgIpc) is 2.46. The Morgan fingerprint density at radius 3 is 2.64 bits per heavy atom. The minimum absolute atomic E-state index is 0.00780. The molecule has 0 unspecified atom stereocenters. The maximum Gasteiger partial charge on any atom is 0.160 e. The number of benzene rings is 2. The largest absolute Gasteiger partial charge is 0.397 e. The average molecular weight is 429 g/mol. The molecule has 0 fully saturated rings. The van der Waals surface area contributed by atoms with Crippen molar-refractivity contribution >= 4 is 41.6 Å². The number of carbonyl (C=O) groups is 1. The molecule has 2 aromatic carbocycles. The summed E-state index contributed by atoms with van der Waals surface area (Å²) < 4.78 is 27.6. The van der Waals surface area contributed by atoms with Crippen molar-refractivity contribution in [3.63, 3.8) is 0 Å². The van der Waals surface area contributed by atoms with E-state index in [1.165, 1.54) is 34.1 Å². The van der Waals surface area contributed by atoms with Crippen LogP contribution in [0.5, 0.6) is 0 Å². The third-order valence-corrected chi connectivity index (χ3v) is 3.86. The fourth-order valence-corrected chi connectivity index (χ4v) is 2.57. The van der Waals surface area contributed by atoms with Crippen LogP contribution in [0.1, 0.15) is 22.8 Å². The van der Waals surface area contributed by atoms with Crippen molar-refractivity contribution in [3.05, 3.63) is 53.1 Å². The number of rotatable bonds is 2. The van der Waals surface area contributed by atoms with Gasteiger partial charge in [0.2, 0.25) is 0 Å². The van der Waals surface area contributed by atoms with Crippen molar-refractivity contribution in [1.82, 2.24) is 0 Å². The molecule has 2 rings (SSSR count). The monoisotopic (exact) mass is 429 g/mol. The molecule has 0 saturated carbocycles. The molecule has 0 atom stereocenters. The van der Waals surface area contributed by atoms with Crippen molar-refractivity contribution < 1.29 is 13.6 Å². The van der Waals surface area contributed by atoms with E-state index < -0.39 is 11.6 Å². The second kappa shape index (κ2) is 7.11. The van der Waals surface area contributed by atoms with E-state index in [0.29, 0.717) is 11.1 Å². The standard InChI is InChI=1S/C16H10F2INOS/c1-9(21)13-8-14(18)12(5-6-22-19)16(20)15(13)10-3-2-4-11(17)7-10/h2-4,7-8H,20H2,1H3. The molecule has 112 valence electrons. The van der Waals surface area contributed by atoms with Gasteiger partial charge in [-0.2, -0.15) is 0 Å². The zero-order chi connectivity index (χ0) is 16.3. The van der Waals surface area contributed by atoms with E-state index in [2.05, 4.69) is 11.2 Å². The van der Waals surface area contributed by atoms with E-state index in [9.17, 15) is 13.6 Å². The minimum atomic E-state index is -0.666. The first-order chi connectivity index (χ1) is 10.5. The van der Waals surface area contributed by atoms with Gasteiger partial charge in [-0.1, -0.05) is 12.1 Å². The van der Waals surface area contributed by atoms with E-state index in [1.54, 1.807) is 6.07 Å². The summed E-state index contributed by atoms with van der Waals surface area (Å²) in [7, 11) is 1.19. The molecule has 0 amide bonds. The molecular weight excluding hydrogens is 419 g/mol. The fraction of sp³-hybridized carbons (Fsp3) is 0.0625. The summed E-state index contributed by atoms with van der Waals surface area (Å²) in [5.41, 5.74) is 6.88. The van der Waals surface area contributed by atoms with Crippen LogP contribution in [0.15, 0.2) is 30.3 Å². The van der Waals surface area contributed by atoms with Crippen LogP contribution in [0.2, 0.25) is 0 Å². The number of Topliss-reactive ketones (excluding diaryl/α,β-unsaturated/α-hetero) is 1. The molecule has 6 heteroatoms. The van der Waals surface area contributed by atoms with E-state index in [4.69, 9.17) is 5.73 Å². The molecule has 0 spiro atoms. The summed E-state index contributed by atoms with van der Waals surface area (Å²) in [6.45, 7) is 1.31. The highest BCUT2D eigenvalue weighted by Gasteiger charge is 2.19. The van der Waals surface area contributed by atoms with Crippen LogP contribution >= 0.6 is 30.1 Å². The second-order valence-corrected chi connectivity index (χ2v) is 6.12. The lowest BCUT2D eigenvalue weighted by Gasteiger charge is -2.13. The van der Waals surface area contributed by atoms with Gasteiger partial charge in [0.25, 0.3) is 0 Å². The van der Waals surface area contributed by atoms with Crippen LogP contribution in [0.4, 0.5) is 14.5 Å². The van der Waals surface area contributed by atoms with Crippen LogP contribution in [0.25, 0.3) is 11.1 Å². The molecule has 0 aromatic heterocycles. The number of nitrogens with two attached hydrogens (primary N) is 1. The summed E-state index contributed by atoms with van der Waals surface area (Å²) in [6, 6.07) is 6.75. The van der Waals surface area contributed by atoms with Gasteiger partial charge in [-0.05, 0) is 50.8 Å². The van der Waals surface area contributed by atoms with Gasteiger partial charge in [0.15, 0.2) is 5.78 Å². The van der Waals surface area contributed by atoms with Crippen LogP contribution in [-0.2, 0) is 0 Å². The van der Waals surface area contributed by atoms with Gasteiger partial charge in [-0.3, -0.25) is 4.79 Å². The maximum absolute atomic E-state index is 14.1. The first-order valence-electron chi connectivity index (χ1n) is 6.13. The van der Waals surface area contributed by atoms with Gasteiger partial charge in [-0.15, -0.1) is 0 Å². The number of halogens is 3. The smallest absolute Gasteiger partial charge is 0.160 e. The topological polar surface area (TPSA) is 43.1 Å². The normalized spacial score (nSPS) is 10.0. The molecule has 0 bridgehead atoms. The molecule has 0 heterocycles. The van der Waals surface area contributed by atoms with Gasteiger partial charge in [0.05, 0.1) is 11.3 Å². The Balaban J connectivity index is 2.82. The number of ketones is 1. The van der Waals surface area contributed by atoms with Gasteiger partial charge >= 0.3 is 0 Å². The predicted octanol–water partition coefficient (Wildman–Crippen LogP) is 4.81.